The Balaban J connectivity index is 2.75. The third kappa shape index (κ3) is 3.03. The number of pyridine rings is 1. The molecule has 0 saturated heterocycles. The lowest BCUT2D eigenvalue weighted by Crippen LogP contribution is -2.45. The van der Waals surface area contributed by atoms with Crippen LogP contribution in [0.5, 0.6) is 0 Å². The maximum atomic E-state index is 12.0. The minimum atomic E-state index is -0.767. The van der Waals surface area contributed by atoms with Crippen molar-refractivity contribution in [1.29, 1.82) is 0 Å². The van der Waals surface area contributed by atoms with Crippen molar-refractivity contribution in [1.82, 2.24) is 4.98 Å². The van der Waals surface area contributed by atoms with E-state index in [0.29, 0.717) is 12.1 Å². The molecular weight excluding hydrogens is 202 g/mol. The number of carbonyl (C=O) groups is 1. The van der Waals surface area contributed by atoms with E-state index in [9.17, 15) is 4.79 Å². The number of ketones is 1. The molecule has 4 nitrogen and oxygen atoms in total. The highest BCUT2D eigenvalue weighted by Crippen LogP contribution is 2.16. The minimum Gasteiger partial charge on any atom is -0.398 e. The fourth-order valence-corrected chi connectivity index (χ4v) is 1.62. The summed E-state index contributed by atoms with van der Waals surface area (Å²) in [4.78, 5) is 15.9. The van der Waals surface area contributed by atoms with Crippen molar-refractivity contribution in [2.45, 2.75) is 38.6 Å². The summed E-state index contributed by atoms with van der Waals surface area (Å²) in [6, 6.07) is 1.69. The first-order chi connectivity index (χ1) is 7.47. The first-order valence-electron chi connectivity index (χ1n) is 5.48. The average molecular weight is 221 g/mol. The van der Waals surface area contributed by atoms with Crippen molar-refractivity contribution in [2.75, 3.05) is 5.73 Å². The number of hydrogen-bond acceptors (Lipinski definition) is 4. The Labute approximate surface area is 96.0 Å². The van der Waals surface area contributed by atoms with Crippen molar-refractivity contribution >= 4 is 11.5 Å². The number of anilines is 1. The van der Waals surface area contributed by atoms with Gasteiger partial charge in [-0.15, -0.1) is 0 Å². The van der Waals surface area contributed by atoms with E-state index in [1.165, 1.54) is 0 Å². The van der Waals surface area contributed by atoms with Crippen LogP contribution in [0.15, 0.2) is 18.5 Å². The van der Waals surface area contributed by atoms with E-state index in [1.807, 2.05) is 6.92 Å². The molecule has 1 unspecified atom stereocenters. The SMILES string of the molecule is CCCC(C)(N)C(=O)Cc1cnccc1N. The fraction of sp³-hybridized carbons (Fsp3) is 0.500. The molecule has 4 N–H and O–H groups in total. The topological polar surface area (TPSA) is 82.0 Å². The monoisotopic (exact) mass is 221 g/mol. The van der Waals surface area contributed by atoms with Crippen LogP contribution in [0.1, 0.15) is 32.3 Å². The van der Waals surface area contributed by atoms with E-state index < -0.39 is 5.54 Å². The second-order valence-electron chi connectivity index (χ2n) is 4.34. The summed E-state index contributed by atoms with van der Waals surface area (Å²) in [6.07, 6.45) is 5.06. The van der Waals surface area contributed by atoms with E-state index in [0.717, 1.165) is 12.0 Å². The van der Waals surface area contributed by atoms with Crippen molar-refractivity contribution < 1.29 is 4.79 Å². The number of Topliss-reactive ketones (excluding diaryl/α,β-unsaturated/α-hetero) is 1. The van der Waals surface area contributed by atoms with Crippen LogP contribution in [0, 0.1) is 0 Å². The normalized spacial score (nSPS) is 14.4. The van der Waals surface area contributed by atoms with E-state index in [2.05, 4.69) is 4.98 Å². The van der Waals surface area contributed by atoms with Gasteiger partial charge in [-0.2, -0.15) is 0 Å². The molecule has 0 aliphatic heterocycles. The molecule has 1 rings (SSSR count). The molecule has 0 amide bonds. The van der Waals surface area contributed by atoms with Gasteiger partial charge in [-0.3, -0.25) is 9.78 Å². The first kappa shape index (κ1) is 12.6. The van der Waals surface area contributed by atoms with Gasteiger partial charge in [0, 0.05) is 30.1 Å². The van der Waals surface area contributed by atoms with Crippen molar-refractivity contribution in [3.63, 3.8) is 0 Å². The molecule has 0 fully saturated rings. The molecule has 0 spiro atoms. The standard InChI is InChI=1S/C12H19N3O/c1-3-5-12(2,14)11(16)7-9-8-15-6-4-10(9)13/h4,6,8H,3,5,7,14H2,1-2H3,(H2,13,15). The van der Waals surface area contributed by atoms with Crippen LogP contribution in [0.3, 0.4) is 0 Å². The smallest absolute Gasteiger partial charge is 0.156 e. The summed E-state index contributed by atoms with van der Waals surface area (Å²) in [5.41, 5.74) is 12.3. The summed E-state index contributed by atoms with van der Waals surface area (Å²) in [5.74, 6) is 0.00838. The quantitative estimate of drug-likeness (QED) is 0.785. The average Bonchev–Trinajstić information content (AvgIpc) is 2.21. The molecule has 88 valence electrons. The molecule has 0 saturated carbocycles. The van der Waals surface area contributed by atoms with Crippen molar-refractivity contribution in [3.05, 3.63) is 24.0 Å². The van der Waals surface area contributed by atoms with Gasteiger partial charge in [0.15, 0.2) is 5.78 Å². The Morgan fingerprint density at radius 3 is 2.81 bits per heavy atom. The number of nitrogens with zero attached hydrogens (tertiary/aromatic N) is 1. The molecular formula is C12H19N3O. The molecule has 1 aromatic heterocycles. The molecule has 0 radical (unpaired) electrons. The van der Waals surface area contributed by atoms with Crippen LogP contribution in [0.2, 0.25) is 0 Å². The summed E-state index contributed by atoms with van der Waals surface area (Å²) in [7, 11) is 0. The largest absolute Gasteiger partial charge is 0.398 e. The molecule has 4 heteroatoms. The lowest BCUT2D eigenvalue weighted by molar-refractivity contribution is -0.123. The van der Waals surface area contributed by atoms with Crippen LogP contribution in [-0.4, -0.2) is 16.3 Å². The number of carbonyl (C=O) groups excluding carboxylic acids is 1. The van der Waals surface area contributed by atoms with Crippen molar-refractivity contribution in [3.8, 4) is 0 Å². The zero-order valence-corrected chi connectivity index (χ0v) is 9.86. The highest BCUT2D eigenvalue weighted by Gasteiger charge is 2.27. The number of aromatic nitrogens is 1. The van der Waals surface area contributed by atoms with Crippen LogP contribution >= 0.6 is 0 Å². The van der Waals surface area contributed by atoms with Crippen molar-refractivity contribution in [2.24, 2.45) is 5.73 Å². The molecule has 0 aliphatic rings. The molecule has 0 aromatic carbocycles. The predicted octanol–water partition coefficient (Wildman–Crippen LogP) is 1.29. The van der Waals surface area contributed by atoms with Gasteiger partial charge in [0.05, 0.1) is 5.54 Å². The molecule has 0 bridgehead atoms. The summed E-state index contributed by atoms with van der Waals surface area (Å²) in [6.45, 7) is 3.78. The Hall–Kier alpha value is -1.42. The van der Waals surface area contributed by atoms with Gasteiger partial charge >= 0.3 is 0 Å². The summed E-state index contributed by atoms with van der Waals surface area (Å²) >= 11 is 0. The molecule has 16 heavy (non-hydrogen) atoms. The van der Waals surface area contributed by atoms with Gasteiger partial charge in [0.2, 0.25) is 0 Å². The predicted molar refractivity (Wildman–Crippen MR) is 64.9 cm³/mol. The molecule has 1 heterocycles. The highest BCUT2D eigenvalue weighted by atomic mass is 16.1. The maximum absolute atomic E-state index is 12.0. The zero-order valence-electron chi connectivity index (χ0n) is 9.86. The number of rotatable bonds is 5. The second kappa shape index (κ2) is 5.07. The van der Waals surface area contributed by atoms with Crippen LogP contribution < -0.4 is 11.5 Å². The summed E-state index contributed by atoms with van der Waals surface area (Å²) in [5, 5.41) is 0. The Morgan fingerprint density at radius 1 is 1.56 bits per heavy atom. The lowest BCUT2D eigenvalue weighted by atomic mass is 9.89. The van der Waals surface area contributed by atoms with E-state index in [1.54, 1.807) is 25.4 Å². The highest BCUT2D eigenvalue weighted by molar-refractivity contribution is 5.90. The van der Waals surface area contributed by atoms with Gasteiger partial charge in [-0.25, -0.2) is 0 Å². The van der Waals surface area contributed by atoms with Crippen LogP contribution in [0.4, 0.5) is 5.69 Å². The van der Waals surface area contributed by atoms with Crippen LogP contribution in [-0.2, 0) is 11.2 Å². The number of nitrogens with two attached hydrogens (primary N) is 2. The van der Waals surface area contributed by atoms with Gasteiger partial charge < -0.3 is 11.5 Å². The third-order valence-electron chi connectivity index (χ3n) is 2.70. The molecule has 1 aromatic rings. The fourth-order valence-electron chi connectivity index (χ4n) is 1.62. The summed E-state index contributed by atoms with van der Waals surface area (Å²) < 4.78 is 0. The molecule has 1 atom stereocenters. The minimum absolute atomic E-state index is 0.00838. The van der Waals surface area contributed by atoms with E-state index in [4.69, 9.17) is 11.5 Å². The molecule has 0 aliphatic carbocycles. The van der Waals surface area contributed by atoms with Gasteiger partial charge in [0.1, 0.15) is 0 Å². The third-order valence-corrected chi connectivity index (χ3v) is 2.70. The Kier molecular flexibility index (Phi) is 4.01. The van der Waals surface area contributed by atoms with E-state index >= 15 is 0 Å². The maximum Gasteiger partial charge on any atom is 0.156 e. The van der Waals surface area contributed by atoms with E-state index in [-0.39, 0.29) is 12.2 Å². The lowest BCUT2D eigenvalue weighted by Gasteiger charge is -2.22. The second-order valence-corrected chi connectivity index (χ2v) is 4.34. The van der Waals surface area contributed by atoms with Gasteiger partial charge in [-0.05, 0) is 19.4 Å². The Bertz CT molecular complexity index is 374. The van der Waals surface area contributed by atoms with Crippen LogP contribution in [0.25, 0.3) is 0 Å². The zero-order chi connectivity index (χ0) is 12.2. The first-order valence-corrected chi connectivity index (χ1v) is 5.48. The van der Waals surface area contributed by atoms with Gasteiger partial charge in [0.25, 0.3) is 0 Å². The Morgan fingerprint density at radius 2 is 2.25 bits per heavy atom. The number of hydrogen-bond donors (Lipinski definition) is 2. The number of nitrogen functional groups attached to an aromatic ring is 1. The van der Waals surface area contributed by atoms with Gasteiger partial charge in [-0.1, -0.05) is 13.3 Å².